The molecule has 0 aliphatic heterocycles. The first-order chi connectivity index (χ1) is 9.52. The summed E-state index contributed by atoms with van der Waals surface area (Å²) in [6.07, 6.45) is 1.53. The Bertz CT molecular complexity index is 631. The fourth-order valence-corrected chi connectivity index (χ4v) is 2.06. The second-order valence-corrected chi connectivity index (χ2v) is 4.93. The van der Waals surface area contributed by atoms with Crippen molar-refractivity contribution in [2.45, 2.75) is 0 Å². The highest BCUT2D eigenvalue weighted by Gasteiger charge is 2.20. The number of aromatic nitrogens is 1. The topological polar surface area (TPSA) is 68.5 Å². The van der Waals surface area contributed by atoms with Crippen LogP contribution in [0.5, 0.6) is 5.75 Å². The Morgan fingerprint density at radius 1 is 1.35 bits per heavy atom. The average molecular weight is 338 g/mol. The lowest BCUT2D eigenvalue weighted by Gasteiger charge is -2.18. The van der Waals surface area contributed by atoms with Gasteiger partial charge in [-0.3, -0.25) is 10.1 Å². The van der Waals surface area contributed by atoms with Crippen LogP contribution in [0.25, 0.3) is 0 Å². The van der Waals surface area contributed by atoms with Crippen LogP contribution in [0.3, 0.4) is 0 Å². The molecule has 20 heavy (non-hydrogen) atoms. The molecule has 104 valence electrons. The molecular formula is C13H12BrN3O3. The van der Waals surface area contributed by atoms with Gasteiger partial charge in [-0.05, 0) is 40.2 Å². The predicted molar refractivity (Wildman–Crippen MR) is 79.6 cm³/mol. The number of anilines is 2. The van der Waals surface area contributed by atoms with E-state index in [0.717, 1.165) is 11.4 Å². The minimum absolute atomic E-state index is 0.0577. The summed E-state index contributed by atoms with van der Waals surface area (Å²) in [6.45, 7) is 0. The van der Waals surface area contributed by atoms with Crippen LogP contribution < -0.4 is 9.64 Å². The molecule has 2 aromatic rings. The Labute approximate surface area is 124 Å². The fraction of sp³-hybridized carbons (Fsp3) is 0.154. The maximum absolute atomic E-state index is 11.1. The quantitative estimate of drug-likeness (QED) is 0.630. The van der Waals surface area contributed by atoms with Gasteiger partial charge < -0.3 is 9.64 Å². The van der Waals surface area contributed by atoms with Crippen LogP contribution in [0.4, 0.5) is 17.2 Å². The van der Waals surface area contributed by atoms with E-state index in [4.69, 9.17) is 4.74 Å². The zero-order valence-corrected chi connectivity index (χ0v) is 12.5. The molecule has 0 aliphatic carbocycles. The molecule has 0 bridgehead atoms. The molecule has 0 fully saturated rings. The molecule has 6 nitrogen and oxygen atoms in total. The van der Waals surface area contributed by atoms with Crippen molar-refractivity contribution in [1.29, 1.82) is 0 Å². The molecule has 1 heterocycles. The molecule has 0 saturated carbocycles. The Morgan fingerprint density at radius 3 is 2.55 bits per heavy atom. The third-order valence-electron chi connectivity index (χ3n) is 2.79. The van der Waals surface area contributed by atoms with Crippen molar-refractivity contribution in [2.24, 2.45) is 0 Å². The van der Waals surface area contributed by atoms with Gasteiger partial charge in [0.25, 0.3) is 0 Å². The summed E-state index contributed by atoms with van der Waals surface area (Å²) in [7, 11) is 3.31. The van der Waals surface area contributed by atoms with Crippen molar-refractivity contribution in [3.63, 3.8) is 0 Å². The SMILES string of the molecule is COc1ccc(N(C)c2ncc(Br)cc2[N+](=O)[O-])cc1. The van der Waals surface area contributed by atoms with Crippen molar-refractivity contribution in [1.82, 2.24) is 4.98 Å². The summed E-state index contributed by atoms with van der Waals surface area (Å²) in [4.78, 5) is 16.4. The number of rotatable bonds is 4. The van der Waals surface area contributed by atoms with Crippen molar-refractivity contribution >= 4 is 33.1 Å². The molecular weight excluding hydrogens is 326 g/mol. The van der Waals surface area contributed by atoms with Crippen LogP contribution in [0.15, 0.2) is 41.0 Å². The van der Waals surface area contributed by atoms with Crippen LogP contribution in [0.2, 0.25) is 0 Å². The third kappa shape index (κ3) is 2.88. The molecule has 0 amide bonds. The Balaban J connectivity index is 2.41. The zero-order valence-electron chi connectivity index (χ0n) is 10.9. The molecule has 0 unspecified atom stereocenters. The fourth-order valence-electron chi connectivity index (χ4n) is 1.74. The van der Waals surface area contributed by atoms with E-state index in [0.29, 0.717) is 4.47 Å². The summed E-state index contributed by atoms with van der Waals surface area (Å²) in [6, 6.07) is 8.63. The number of hydrogen-bond donors (Lipinski definition) is 0. The lowest BCUT2D eigenvalue weighted by Crippen LogP contribution is -2.13. The van der Waals surface area contributed by atoms with Crippen LogP contribution in [0.1, 0.15) is 0 Å². The lowest BCUT2D eigenvalue weighted by molar-refractivity contribution is -0.384. The third-order valence-corrected chi connectivity index (χ3v) is 3.22. The predicted octanol–water partition coefficient (Wildman–Crippen LogP) is 3.53. The van der Waals surface area contributed by atoms with Gasteiger partial charge in [-0.2, -0.15) is 0 Å². The van der Waals surface area contributed by atoms with Gasteiger partial charge in [0.15, 0.2) is 0 Å². The normalized spacial score (nSPS) is 10.2. The van der Waals surface area contributed by atoms with Gasteiger partial charge in [0.05, 0.1) is 12.0 Å². The van der Waals surface area contributed by atoms with Crippen molar-refractivity contribution < 1.29 is 9.66 Å². The van der Waals surface area contributed by atoms with E-state index in [1.807, 2.05) is 12.1 Å². The minimum atomic E-state index is -0.451. The first kappa shape index (κ1) is 14.3. The van der Waals surface area contributed by atoms with Crippen LogP contribution in [-0.4, -0.2) is 24.1 Å². The summed E-state index contributed by atoms with van der Waals surface area (Å²) in [5, 5.41) is 11.1. The smallest absolute Gasteiger partial charge is 0.313 e. The Hall–Kier alpha value is -2.15. The highest BCUT2D eigenvalue weighted by molar-refractivity contribution is 9.10. The summed E-state index contributed by atoms with van der Waals surface area (Å²) in [5.74, 6) is 1.00. The number of nitrogens with zero attached hydrogens (tertiary/aromatic N) is 3. The van der Waals surface area contributed by atoms with Crippen molar-refractivity contribution in [2.75, 3.05) is 19.1 Å². The molecule has 0 spiro atoms. The largest absolute Gasteiger partial charge is 0.497 e. The lowest BCUT2D eigenvalue weighted by atomic mass is 10.2. The number of pyridine rings is 1. The highest BCUT2D eigenvalue weighted by Crippen LogP contribution is 2.32. The molecule has 0 N–H and O–H groups in total. The van der Waals surface area contributed by atoms with E-state index in [2.05, 4.69) is 20.9 Å². The van der Waals surface area contributed by atoms with Gasteiger partial charge in [-0.15, -0.1) is 0 Å². The van der Waals surface area contributed by atoms with E-state index in [9.17, 15) is 10.1 Å². The molecule has 1 aromatic heterocycles. The van der Waals surface area contributed by atoms with Gasteiger partial charge >= 0.3 is 5.69 Å². The standard InChI is InChI=1S/C13H12BrN3O3/c1-16(10-3-5-11(20-2)6-4-10)13-12(17(18)19)7-9(14)8-15-13/h3-8H,1-2H3. The maximum Gasteiger partial charge on any atom is 0.313 e. The first-order valence-corrected chi connectivity index (χ1v) is 6.50. The number of ether oxygens (including phenoxy) is 1. The Morgan fingerprint density at radius 2 is 2.00 bits per heavy atom. The molecule has 2 rings (SSSR count). The molecule has 0 saturated heterocycles. The van der Waals surface area contributed by atoms with E-state index in [1.54, 1.807) is 31.2 Å². The van der Waals surface area contributed by atoms with E-state index < -0.39 is 4.92 Å². The summed E-state index contributed by atoms with van der Waals surface area (Å²) < 4.78 is 5.65. The molecule has 0 atom stereocenters. The zero-order chi connectivity index (χ0) is 14.7. The van der Waals surface area contributed by atoms with Crippen molar-refractivity contribution in [3.8, 4) is 5.75 Å². The molecule has 0 aliphatic rings. The maximum atomic E-state index is 11.1. The number of benzene rings is 1. The molecule has 1 aromatic carbocycles. The first-order valence-electron chi connectivity index (χ1n) is 5.70. The average Bonchev–Trinajstić information content (AvgIpc) is 2.46. The number of hydrogen-bond acceptors (Lipinski definition) is 5. The van der Waals surface area contributed by atoms with E-state index in [-0.39, 0.29) is 11.5 Å². The summed E-state index contributed by atoms with van der Waals surface area (Å²) in [5.41, 5.74) is 0.724. The van der Waals surface area contributed by atoms with Gasteiger partial charge in [0, 0.05) is 29.5 Å². The van der Waals surface area contributed by atoms with Crippen molar-refractivity contribution in [3.05, 3.63) is 51.1 Å². The number of halogens is 1. The summed E-state index contributed by atoms with van der Waals surface area (Å²) >= 11 is 3.19. The van der Waals surface area contributed by atoms with E-state index >= 15 is 0 Å². The van der Waals surface area contributed by atoms with Crippen LogP contribution >= 0.6 is 15.9 Å². The van der Waals surface area contributed by atoms with Gasteiger partial charge in [0.2, 0.25) is 5.82 Å². The van der Waals surface area contributed by atoms with Gasteiger partial charge in [-0.25, -0.2) is 4.98 Å². The second-order valence-electron chi connectivity index (χ2n) is 4.01. The minimum Gasteiger partial charge on any atom is -0.497 e. The molecule has 7 heteroatoms. The Kier molecular flexibility index (Phi) is 4.19. The van der Waals surface area contributed by atoms with Crippen LogP contribution in [0, 0.1) is 10.1 Å². The number of methoxy groups -OCH3 is 1. The molecule has 0 radical (unpaired) electrons. The highest BCUT2D eigenvalue weighted by atomic mass is 79.9. The van der Waals surface area contributed by atoms with Crippen LogP contribution in [-0.2, 0) is 0 Å². The monoisotopic (exact) mass is 337 g/mol. The van der Waals surface area contributed by atoms with E-state index in [1.165, 1.54) is 12.3 Å². The number of nitro groups is 1. The van der Waals surface area contributed by atoms with Gasteiger partial charge in [0.1, 0.15) is 5.75 Å². The second kappa shape index (κ2) is 5.87. The van der Waals surface area contributed by atoms with Gasteiger partial charge in [-0.1, -0.05) is 0 Å².